The van der Waals surface area contributed by atoms with Crippen molar-refractivity contribution in [2.24, 2.45) is 0 Å². The maximum Gasteiger partial charge on any atom is 0.407 e. The van der Waals surface area contributed by atoms with Crippen LogP contribution in [-0.2, 0) is 9.53 Å². The van der Waals surface area contributed by atoms with E-state index in [0.717, 1.165) is 37.7 Å². The lowest BCUT2D eigenvalue weighted by molar-refractivity contribution is -0.129. The third kappa shape index (κ3) is 6.77. The molecule has 0 radical (unpaired) electrons. The van der Waals surface area contributed by atoms with Crippen LogP contribution in [0.5, 0.6) is 0 Å². The molecule has 2 atom stereocenters. The van der Waals surface area contributed by atoms with E-state index in [1.807, 2.05) is 32.6 Å². The van der Waals surface area contributed by atoms with Crippen LogP contribution in [-0.4, -0.2) is 41.1 Å². The first-order valence-corrected chi connectivity index (χ1v) is 8.71. The molecule has 0 unspecified atom stereocenters. The van der Waals surface area contributed by atoms with E-state index in [1.165, 1.54) is 6.08 Å². The Morgan fingerprint density at radius 3 is 2.46 bits per heavy atom. The van der Waals surface area contributed by atoms with E-state index in [4.69, 9.17) is 4.74 Å². The topological polar surface area (TPSA) is 58.6 Å². The van der Waals surface area contributed by atoms with Crippen LogP contribution in [0.3, 0.4) is 0 Å². The number of alkyl carbamates (subject to hydrolysis) is 1. The summed E-state index contributed by atoms with van der Waals surface area (Å²) in [5.74, 6) is -0.0980. The normalized spacial score (nSPS) is 20.8. The Hall–Kier alpha value is -1.78. The van der Waals surface area contributed by atoms with Crippen molar-refractivity contribution in [3.63, 3.8) is 0 Å². The number of ether oxygens (including phenoxy) is 1. The van der Waals surface area contributed by atoms with Gasteiger partial charge in [0.25, 0.3) is 0 Å². The van der Waals surface area contributed by atoms with Crippen molar-refractivity contribution in [2.75, 3.05) is 6.54 Å². The molecular weight excluding hydrogens is 304 g/mol. The van der Waals surface area contributed by atoms with Gasteiger partial charge in [0.05, 0.1) is 12.1 Å². The third-order valence-corrected chi connectivity index (χ3v) is 4.07. The van der Waals surface area contributed by atoms with Crippen molar-refractivity contribution in [3.05, 3.63) is 24.8 Å². The minimum absolute atomic E-state index is 0.0314. The van der Waals surface area contributed by atoms with E-state index in [2.05, 4.69) is 18.5 Å². The van der Waals surface area contributed by atoms with E-state index in [9.17, 15) is 9.59 Å². The molecule has 136 valence electrons. The summed E-state index contributed by atoms with van der Waals surface area (Å²) in [4.78, 5) is 26.3. The molecule has 1 N–H and O–H groups in total. The van der Waals surface area contributed by atoms with Crippen LogP contribution in [0.1, 0.15) is 59.8 Å². The fourth-order valence-corrected chi connectivity index (χ4v) is 2.98. The fraction of sp³-hybridized carbons (Fsp3) is 0.684. The Bertz CT molecular complexity index is 479. The summed E-state index contributed by atoms with van der Waals surface area (Å²) in [6.45, 7) is 15.6. The summed E-state index contributed by atoms with van der Waals surface area (Å²) < 4.78 is 5.37. The van der Waals surface area contributed by atoms with Gasteiger partial charge in [-0.3, -0.25) is 4.79 Å². The molecule has 24 heavy (non-hydrogen) atoms. The Kier molecular flexibility index (Phi) is 7.52. The van der Waals surface area contributed by atoms with Crippen LogP contribution in [0.25, 0.3) is 0 Å². The lowest BCUT2D eigenvalue weighted by atomic mass is 9.88. The van der Waals surface area contributed by atoms with Gasteiger partial charge in [-0.05, 0) is 53.0 Å². The maximum absolute atomic E-state index is 12.3. The summed E-state index contributed by atoms with van der Waals surface area (Å²) in [7, 11) is 0. The maximum atomic E-state index is 12.3. The highest BCUT2D eigenvalue weighted by molar-refractivity contribution is 5.87. The Balaban J connectivity index is 2.84. The standard InChI is InChI=1S/C19H32N2O3/c1-7-17(22)21(13-12-14(2)3)16-11-9-8-10-15(16)20-18(23)24-19(4,5)6/h7,15-16H,1-2,8-13H2,3-6H3,(H,20,23)/t15-,16-/m1/s1. The molecule has 1 aliphatic carbocycles. The molecule has 0 aliphatic heterocycles. The molecule has 5 nitrogen and oxygen atoms in total. The first kappa shape index (κ1) is 20.3. The average Bonchev–Trinajstić information content (AvgIpc) is 2.46. The Labute approximate surface area is 146 Å². The number of carbonyl (C=O) groups is 2. The monoisotopic (exact) mass is 336 g/mol. The predicted octanol–water partition coefficient (Wildman–Crippen LogP) is 3.80. The quantitative estimate of drug-likeness (QED) is 0.593. The second-order valence-electron chi connectivity index (χ2n) is 7.55. The van der Waals surface area contributed by atoms with Gasteiger partial charge < -0.3 is 15.0 Å². The zero-order valence-electron chi connectivity index (χ0n) is 15.6. The van der Waals surface area contributed by atoms with E-state index in [1.54, 1.807) is 0 Å². The van der Waals surface area contributed by atoms with Gasteiger partial charge in [-0.25, -0.2) is 4.79 Å². The molecule has 0 spiro atoms. The first-order chi connectivity index (χ1) is 11.1. The van der Waals surface area contributed by atoms with Gasteiger partial charge in [0.15, 0.2) is 0 Å². The van der Waals surface area contributed by atoms with Crippen LogP contribution < -0.4 is 5.32 Å². The number of hydrogen-bond donors (Lipinski definition) is 1. The van der Waals surface area contributed by atoms with Crippen molar-refractivity contribution in [2.45, 2.75) is 77.5 Å². The lowest BCUT2D eigenvalue weighted by Gasteiger charge is -2.40. The SMILES string of the molecule is C=CC(=O)N(CCC(=C)C)[C@@H]1CCCC[C@H]1NC(=O)OC(C)(C)C. The number of nitrogens with one attached hydrogen (secondary N) is 1. The summed E-state index contributed by atoms with van der Waals surface area (Å²) >= 11 is 0. The molecule has 1 fully saturated rings. The third-order valence-electron chi connectivity index (χ3n) is 4.07. The molecule has 2 amide bonds. The number of rotatable bonds is 6. The van der Waals surface area contributed by atoms with Crippen molar-refractivity contribution in [3.8, 4) is 0 Å². The van der Waals surface area contributed by atoms with Gasteiger partial charge in [-0.2, -0.15) is 0 Å². The molecule has 1 aliphatic rings. The predicted molar refractivity (Wildman–Crippen MR) is 96.8 cm³/mol. The van der Waals surface area contributed by atoms with Gasteiger partial charge in [0.1, 0.15) is 5.60 Å². The molecule has 1 rings (SSSR count). The minimum Gasteiger partial charge on any atom is -0.444 e. The van der Waals surface area contributed by atoms with Crippen LogP contribution >= 0.6 is 0 Å². The van der Waals surface area contributed by atoms with Crippen molar-refractivity contribution in [1.82, 2.24) is 10.2 Å². The highest BCUT2D eigenvalue weighted by Gasteiger charge is 2.33. The molecule has 0 bridgehead atoms. The molecule has 0 aromatic heterocycles. The molecule has 0 aromatic carbocycles. The second-order valence-corrected chi connectivity index (χ2v) is 7.55. The highest BCUT2D eigenvalue weighted by atomic mass is 16.6. The van der Waals surface area contributed by atoms with Crippen LogP contribution in [0.15, 0.2) is 24.8 Å². The molecule has 5 heteroatoms. The lowest BCUT2D eigenvalue weighted by Crippen LogP contribution is -2.55. The van der Waals surface area contributed by atoms with Crippen LogP contribution in [0, 0.1) is 0 Å². The van der Waals surface area contributed by atoms with Gasteiger partial charge in [0.2, 0.25) is 5.91 Å². The summed E-state index contributed by atoms with van der Waals surface area (Å²) in [5, 5.41) is 2.96. The van der Waals surface area contributed by atoms with Gasteiger partial charge in [0, 0.05) is 6.54 Å². The van der Waals surface area contributed by atoms with Gasteiger partial charge in [-0.15, -0.1) is 6.58 Å². The fourth-order valence-electron chi connectivity index (χ4n) is 2.98. The van der Waals surface area contributed by atoms with Gasteiger partial charge in [-0.1, -0.05) is 25.0 Å². The number of carbonyl (C=O) groups excluding carboxylic acids is 2. The second kappa shape index (κ2) is 8.90. The van der Waals surface area contributed by atoms with Gasteiger partial charge >= 0.3 is 6.09 Å². The van der Waals surface area contributed by atoms with Crippen LogP contribution in [0.4, 0.5) is 4.79 Å². The number of amides is 2. The summed E-state index contributed by atoms with van der Waals surface area (Å²) in [6.07, 6.45) is 5.46. The first-order valence-electron chi connectivity index (χ1n) is 8.71. The van der Waals surface area contributed by atoms with Crippen LogP contribution in [0.2, 0.25) is 0 Å². The van der Waals surface area contributed by atoms with Crippen molar-refractivity contribution >= 4 is 12.0 Å². The van der Waals surface area contributed by atoms with Crippen molar-refractivity contribution in [1.29, 1.82) is 0 Å². The average molecular weight is 336 g/mol. The molecule has 0 saturated heterocycles. The van der Waals surface area contributed by atoms with E-state index >= 15 is 0 Å². The largest absolute Gasteiger partial charge is 0.444 e. The molecule has 1 saturated carbocycles. The smallest absolute Gasteiger partial charge is 0.407 e. The highest BCUT2D eigenvalue weighted by Crippen LogP contribution is 2.25. The Morgan fingerprint density at radius 1 is 1.29 bits per heavy atom. The Morgan fingerprint density at radius 2 is 1.92 bits per heavy atom. The zero-order chi connectivity index (χ0) is 18.3. The zero-order valence-corrected chi connectivity index (χ0v) is 15.6. The number of hydrogen-bond acceptors (Lipinski definition) is 3. The van der Waals surface area contributed by atoms with E-state index in [-0.39, 0.29) is 18.0 Å². The summed E-state index contributed by atoms with van der Waals surface area (Å²) in [6, 6.07) is -0.126. The minimum atomic E-state index is -0.537. The molecule has 0 heterocycles. The van der Waals surface area contributed by atoms with Crippen molar-refractivity contribution < 1.29 is 14.3 Å². The number of nitrogens with zero attached hydrogens (tertiary/aromatic N) is 1. The molecule has 0 aromatic rings. The summed E-state index contributed by atoms with van der Waals surface area (Å²) in [5.41, 5.74) is 0.495. The van der Waals surface area contributed by atoms with E-state index < -0.39 is 11.7 Å². The molecular formula is C19H32N2O3. The van der Waals surface area contributed by atoms with E-state index in [0.29, 0.717) is 6.54 Å².